The Morgan fingerprint density at radius 3 is 2.38 bits per heavy atom. The first-order valence-electron chi connectivity index (χ1n) is 10.0. The molecule has 1 N–H and O–H groups in total. The van der Waals surface area contributed by atoms with Gasteiger partial charge in [0.15, 0.2) is 11.5 Å². The van der Waals surface area contributed by atoms with Crippen LogP contribution in [0.2, 0.25) is 5.02 Å². The molecule has 2 unspecified atom stereocenters. The third-order valence-corrected chi connectivity index (χ3v) is 7.10. The minimum atomic E-state index is 0.266. The highest BCUT2D eigenvalue weighted by atomic mass is 35.5. The van der Waals surface area contributed by atoms with Crippen molar-refractivity contribution in [2.24, 2.45) is 16.7 Å². The standard InChI is InChI=1S/C22H32ClNO2/c1-5-26-19-16(6-17(23)7-18(19)25-4)11-24-22-10-15-8-20(2,13-22)12-21(3,9-15)14-22/h6-7,15,24H,5,8-14H2,1-4H3. The second kappa shape index (κ2) is 6.31. The largest absolute Gasteiger partial charge is 0.493 e. The molecule has 4 fully saturated rings. The van der Waals surface area contributed by atoms with E-state index in [1.54, 1.807) is 7.11 Å². The van der Waals surface area contributed by atoms with Crippen molar-refractivity contribution in [2.45, 2.75) is 71.4 Å². The summed E-state index contributed by atoms with van der Waals surface area (Å²) in [6, 6.07) is 3.86. The fourth-order valence-corrected chi connectivity index (χ4v) is 7.37. The van der Waals surface area contributed by atoms with Crippen LogP contribution in [-0.2, 0) is 6.54 Å². The molecular weight excluding hydrogens is 346 g/mol. The molecule has 0 spiro atoms. The quantitative estimate of drug-likeness (QED) is 0.701. The average molecular weight is 378 g/mol. The van der Waals surface area contributed by atoms with E-state index >= 15 is 0 Å². The summed E-state index contributed by atoms with van der Waals surface area (Å²) in [5.74, 6) is 2.43. The summed E-state index contributed by atoms with van der Waals surface area (Å²) in [6.07, 6.45) is 8.15. The molecule has 3 nitrogen and oxygen atoms in total. The lowest BCUT2D eigenvalue weighted by Crippen LogP contribution is -2.63. The highest BCUT2D eigenvalue weighted by Crippen LogP contribution is 2.66. The van der Waals surface area contributed by atoms with Gasteiger partial charge in [-0.2, -0.15) is 0 Å². The smallest absolute Gasteiger partial charge is 0.165 e. The molecule has 4 saturated carbocycles. The fourth-order valence-electron chi connectivity index (χ4n) is 7.14. The first-order valence-corrected chi connectivity index (χ1v) is 10.4. The maximum absolute atomic E-state index is 6.34. The Hall–Kier alpha value is -0.930. The molecule has 1 aromatic carbocycles. The number of rotatable bonds is 6. The number of hydrogen-bond donors (Lipinski definition) is 1. The van der Waals surface area contributed by atoms with E-state index in [-0.39, 0.29) is 5.54 Å². The highest BCUT2D eigenvalue weighted by Gasteiger charge is 2.59. The molecule has 144 valence electrons. The second-order valence-corrected chi connectivity index (χ2v) is 10.2. The van der Waals surface area contributed by atoms with Gasteiger partial charge in [0.05, 0.1) is 13.7 Å². The summed E-state index contributed by atoms with van der Waals surface area (Å²) in [5, 5.41) is 4.68. The Balaban J connectivity index is 1.59. The zero-order valence-corrected chi connectivity index (χ0v) is 17.3. The third kappa shape index (κ3) is 3.22. The maximum atomic E-state index is 6.34. The number of nitrogens with one attached hydrogen (secondary N) is 1. The van der Waals surface area contributed by atoms with Crippen LogP contribution in [0.5, 0.6) is 11.5 Å². The average Bonchev–Trinajstić information content (AvgIpc) is 2.51. The predicted octanol–water partition coefficient (Wildman–Crippen LogP) is 5.59. The molecule has 2 atom stereocenters. The first-order chi connectivity index (χ1) is 12.3. The molecule has 26 heavy (non-hydrogen) atoms. The Morgan fingerprint density at radius 1 is 1.12 bits per heavy atom. The number of benzene rings is 1. The topological polar surface area (TPSA) is 30.5 Å². The van der Waals surface area contributed by atoms with Crippen LogP contribution in [0.15, 0.2) is 12.1 Å². The van der Waals surface area contributed by atoms with Crippen LogP contribution in [0.1, 0.15) is 64.9 Å². The van der Waals surface area contributed by atoms with Crippen LogP contribution in [0.3, 0.4) is 0 Å². The van der Waals surface area contributed by atoms with E-state index in [4.69, 9.17) is 21.1 Å². The summed E-state index contributed by atoms with van der Waals surface area (Å²) in [7, 11) is 1.67. The van der Waals surface area contributed by atoms with E-state index in [9.17, 15) is 0 Å². The molecular formula is C22H32ClNO2. The van der Waals surface area contributed by atoms with Crippen LogP contribution in [0, 0.1) is 16.7 Å². The molecule has 0 aromatic heterocycles. The lowest BCUT2D eigenvalue weighted by Gasteiger charge is -2.65. The van der Waals surface area contributed by atoms with Crippen LogP contribution in [-0.4, -0.2) is 19.3 Å². The number of ether oxygens (including phenoxy) is 2. The van der Waals surface area contributed by atoms with Crippen molar-refractivity contribution in [3.8, 4) is 11.5 Å². The molecule has 0 amide bonds. The third-order valence-electron chi connectivity index (χ3n) is 6.89. The zero-order chi connectivity index (χ0) is 18.6. The van der Waals surface area contributed by atoms with E-state index in [0.29, 0.717) is 22.5 Å². The van der Waals surface area contributed by atoms with Gasteiger partial charge < -0.3 is 14.8 Å². The van der Waals surface area contributed by atoms with Crippen molar-refractivity contribution in [1.82, 2.24) is 5.32 Å². The van der Waals surface area contributed by atoms with E-state index in [1.807, 2.05) is 19.1 Å². The van der Waals surface area contributed by atoms with E-state index in [2.05, 4.69) is 19.2 Å². The lowest BCUT2D eigenvalue weighted by atomic mass is 9.43. The van der Waals surface area contributed by atoms with E-state index in [0.717, 1.165) is 29.5 Å². The molecule has 4 aliphatic rings. The van der Waals surface area contributed by atoms with Gasteiger partial charge >= 0.3 is 0 Å². The van der Waals surface area contributed by atoms with Crippen LogP contribution >= 0.6 is 11.6 Å². The second-order valence-electron chi connectivity index (χ2n) is 9.79. The maximum Gasteiger partial charge on any atom is 0.165 e. The lowest BCUT2D eigenvalue weighted by molar-refractivity contribution is -0.118. The van der Waals surface area contributed by atoms with Crippen molar-refractivity contribution < 1.29 is 9.47 Å². The number of halogens is 1. The molecule has 4 aliphatic carbocycles. The molecule has 0 aliphatic heterocycles. The van der Waals surface area contributed by atoms with Crippen LogP contribution in [0.25, 0.3) is 0 Å². The van der Waals surface area contributed by atoms with Crippen molar-refractivity contribution in [3.05, 3.63) is 22.7 Å². The first kappa shape index (κ1) is 18.4. The number of methoxy groups -OCH3 is 1. The van der Waals surface area contributed by atoms with Crippen molar-refractivity contribution in [2.75, 3.05) is 13.7 Å². The highest BCUT2D eigenvalue weighted by molar-refractivity contribution is 6.30. The molecule has 0 radical (unpaired) electrons. The summed E-state index contributed by atoms with van der Waals surface area (Å²) >= 11 is 6.34. The molecule has 0 saturated heterocycles. The Labute approximate surface area is 162 Å². The Kier molecular flexibility index (Phi) is 4.47. The Bertz CT molecular complexity index is 686. The summed E-state index contributed by atoms with van der Waals surface area (Å²) in [4.78, 5) is 0. The molecule has 0 heterocycles. The molecule has 4 bridgehead atoms. The van der Waals surface area contributed by atoms with Gasteiger partial charge in [0.2, 0.25) is 0 Å². The normalized spacial score (nSPS) is 37.8. The van der Waals surface area contributed by atoms with Gasteiger partial charge in [-0.1, -0.05) is 25.4 Å². The minimum Gasteiger partial charge on any atom is -0.493 e. The van der Waals surface area contributed by atoms with Crippen molar-refractivity contribution >= 4 is 11.6 Å². The predicted molar refractivity (Wildman–Crippen MR) is 106 cm³/mol. The zero-order valence-electron chi connectivity index (χ0n) is 16.6. The van der Waals surface area contributed by atoms with Gasteiger partial charge in [-0.3, -0.25) is 0 Å². The molecule has 4 heteroatoms. The van der Waals surface area contributed by atoms with Crippen molar-refractivity contribution in [3.63, 3.8) is 0 Å². The monoisotopic (exact) mass is 377 g/mol. The molecule has 5 rings (SSSR count). The Morgan fingerprint density at radius 2 is 1.81 bits per heavy atom. The summed E-state index contributed by atoms with van der Waals surface area (Å²) < 4.78 is 11.4. The van der Waals surface area contributed by atoms with Gasteiger partial charge in [-0.25, -0.2) is 0 Å². The van der Waals surface area contributed by atoms with Crippen molar-refractivity contribution in [1.29, 1.82) is 0 Å². The summed E-state index contributed by atoms with van der Waals surface area (Å²) in [5.41, 5.74) is 2.38. The van der Waals surface area contributed by atoms with Gasteiger partial charge in [0.25, 0.3) is 0 Å². The summed E-state index contributed by atoms with van der Waals surface area (Å²) in [6.45, 7) is 8.44. The SMILES string of the molecule is CCOc1c(CNC23CC4CC(C)(CC(C)(C4)C2)C3)cc(Cl)cc1OC. The van der Waals surface area contributed by atoms with E-state index in [1.165, 1.54) is 38.5 Å². The van der Waals surface area contributed by atoms with Gasteiger partial charge in [-0.15, -0.1) is 0 Å². The van der Waals surface area contributed by atoms with Crippen LogP contribution in [0.4, 0.5) is 0 Å². The van der Waals surface area contributed by atoms with Gasteiger partial charge in [0, 0.05) is 28.7 Å². The fraction of sp³-hybridized carbons (Fsp3) is 0.727. The van der Waals surface area contributed by atoms with Crippen LogP contribution < -0.4 is 14.8 Å². The number of hydrogen-bond acceptors (Lipinski definition) is 3. The van der Waals surface area contributed by atoms with Gasteiger partial charge in [0.1, 0.15) is 0 Å². The van der Waals surface area contributed by atoms with E-state index < -0.39 is 0 Å². The minimum absolute atomic E-state index is 0.266. The van der Waals surface area contributed by atoms with Gasteiger partial charge in [-0.05, 0) is 68.3 Å². The molecule has 1 aromatic rings.